The van der Waals surface area contributed by atoms with Crippen LogP contribution in [0.3, 0.4) is 0 Å². The van der Waals surface area contributed by atoms with Gasteiger partial charge in [-0.1, -0.05) is 24.3 Å². The molecule has 2 aromatic carbocycles. The molecule has 0 aliphatic heterocycles. The number of fused-ring (bicyclic) bond motifs is 3. The van der Waals surface area contributed by atoms with Crippen LogP contribution in [0.2, 0.25) is 0 Å². The molecule has 0 spiro atoms. The Labute approximate surface area is 105 Å². The second kappa shape index (κ2) is 3.70. The summed E-state index contributed by atoms with van der Waals surface area (Å²) in [5, 5.41) is 2.69. The van der Waals surface area contributed by atoms with E-state index < -0.39 is 0 Å². The summed E-state index contributed by atoms with van der Waals surface area (Å²) >= 11 is 0. The summed E-state index contributed by atoms with van der Waals surface area (Å²) in [6.45, 7) is 6.10. The van der Waals surface area contributed by atoms with Crippen molar-refractivity contribution in [3.63, 3.8) is 0 Å². The zero-order chi connectivity index (χ0) is 12.9. The minimum Gasteiger partial charge on any atom is -0.422 e. The monoisotopic (exact) mass is 238 g/mol. The Balaban J connectivity index is 2.70. The van der Waals surface area contributed by atoms with E-state index >= 15 is 0 Å². The largest absolute Gasteiger partial charge is 0.422 e. The van der Waals surface area contributed by atoms with E-state index in [0.717, 1.165) is 21.9 Å². The highest BCUT2D eigenvalue weighted by Gasteiger charge is 2.12. The van der Waals surface area contributed by atoms with Crippen molar-refractivity contribution < 1.29 is 4.42 Å². The molecule has 0 saturated carbocycles. The number of aryl methyl sites for hydroxylation is 2. The number of para-hydroxylation sites is 1. The summed E-state index contributed by atoms with van der Waals surface area (Å²) < 4.78 is 5.40. The fraction of sp³-hybridized carbons (Fsp3) is 0.188. The van der Waals surface area contributed by atoms with E-state index in [4.69, 9.17) is 4.42 Å². The summed E-state index contributed by atoms with van der Waals surface area (Å²) in [5.41, 5.74) is 3.78. The van der Waals surface area contributed by atoms with E-state index in [1.165, 1.54) is 5.56 Å². The van der Waals surface area contributed by atoms with Gasteiger partial charge in [0, 0.05) is 10.8 Å². The lowest BCUT2D eigenvalue weighted by atomic mass is 9.96. The topological polar surface area (TPSA) is 30.2 Å². The lowest BCUT2D eigenvalue weighted by Gasteiger charge is -2.10. The normalized spacial score (nSPS) is 11.3. The lowest BCUT2D eigenvalue weighted by Crippen LogP contribution is -2.04. The van der Waals surface area contributed by atoms with Gasteiger partial charge in [-0.05, 0) is 43.5 Å². The predicted octanol–water partition coefficient (Wildman–Crippen LogP) is 3.87. The summed E-state index contributed by atoms with van der Waals surface area (Å²) in [7, 11) is 0. The smallest absolute Gasteiger partial charge is 0.344 e. The molecule has 0 saturated heterocycles. The minimum absolute atomic E-state index is 0.246. The molecule has 90 valence electrons. The molecule has 0 bridgehead atoms. The van der Waals surface area contributed by atoms with Crippen LogP contribution < -0.4 is 5.63 Å². The maximum atomic E-state index is 12.1. The van der Waals surface area contributed by atoms with Gasteiger partial charge >= 0.3 is 5.63 Å². The standard InChI is InChI=1S/C16H14O2/c1-9-8-13-12-6-4-5-7-14(12)18-16(17)15(13)11(3)10(9)2/h4-8H,1-3H3. The first-order valence-electron chi connectivity index (χ1n) is 6.02. The molecule has 0 aliphatic rings. The maximum absolute atomic E-state index is 12.1. The average Bonchev–Trinajstić information content (AvgIpc) is 2.35. The molecule has 0 fully saturated rings. The predicted molar refractivity (Wildman–Crippen MR) is 74.2 cm³/mol. The molecule has 0 atom stereocenters. The number of hydrogen-bond acceptors (Lipinski definition) is 2. The summed E-state index contributed by atoms with van der Waals surface area (Å²) in [5.74, 6) is 0. The number of hydrogen-bond donors (Lipinski definition) is 0. The third-order valence-corrected chi connectivity index (χ3v) is 3.74. The van der Waals surface area contributed by atoms with E-state index in [1.54, 1.807) is 0 Å². The lowest BCUT2D eigenvalue weighted by molar-refractivity contribution is 0.569. The van der Waals surface area contributed by atoms with Gasteiger partial charge in [0.2, 0.25) is 0 Å². The van der Waals surface area contributed by atoms with Crippen molar-refractivity contribution in [2.24, 2.45) is 0 Å². The Morgan fingerprint density at radius 3 is 2.44 bits per heavy atom. The fourth-order valence-electron chi connectivity index (χ4n) is 2.49. The summed E-state index contributed by atoms with van der Waals surface area (Å²) in [6.07, 6.45) is 0. The molecule has 1 heterocycles. The first-order chi connectivity index (χ1) is 8.59. The molecule has 1 aromatic heterocycles. The van der Waals surface area contributed by atoms with Gasteiger partial charge in [-0.2, -0.15) is 0 Å². The molecule has 0 unspecified atom stereocenters. The Morgan fingerprint density at radius 1 is 0.944 bits per heavy atom. The quantitative estimate of drug-likeness (QED) is 0.439. The molecular formula is C16H14O2. The molecule has 3 aromatic rings. The first-order valence-corrected chi connectivity index (χ1v) is 6.02. The van der Waals surface area contributed by atoms with Crippen molar-refractivity contribution in [1.82, 2.24) is 0 Å². The first kappa shape index (κ1) is 11.0. The van der Waals surface area contributed by atoms with Gasteiger partial charge in [0.05, 0.1) is 5.39 Å². The second-order valence-corrected chi connectivity index (χ2v) is 4.75. The SMILES string of the molecule is Cc1cc2c(c(C)c1C)c(=O)oc1ccccc12. The van der Waals surface area contributed by atoms with Crippen LogP contribution in [0, 0.1) is 20.8 Å². The van der Waals surface area contributed by atoms with Crippen molar-refractivity contribution in [1.29, 1.82) is 0 Å². The van der Waals surface area contributed by atoms with E-state index in [2.05, 4.69) is 13.0 Å². The van der Waals surface area contributed by atoms with Crippen LogP contribution >= 0.6 is 0 Å². The van der Waals surface area contributed by atoms with Gasteiger partial charge in [0.25, 0.3) is 0 Å². The molecule has 0 amide bonds. The molecular weight excluding hydrogens is 224 g/mol. The number of rotatable bonds is 0. The Hall–Kier alpha value is -2.09. The fourth-order valence-corrected chi connectivity index (χ4v) is 2.49. The van der Waals surface area contributed by atoms with E-state index in [0.29, 0.717) is 11.0 Å². The molecule has 0 N–H and O–H groups in total. The van der Waals surface area contributed by atoms with Crippen LogP contribution in [-0.2, 0) is 0 Å². The van der Waals surface area contributed by atoms with Crippen LogP contribution in [0.5, 0.6) is 0 Å². The zero-order valence-electron chi connectivity index (χ0n) is 10.7. The third kappa shape index (κ3) is 1.39. The maximum Gasteiger partial charge on any atom is 0.344 e. The van der Waals surface area contributed by atoms with Crippen molar-refractivity contribution >= 4 is 21.7 Å². The van der Waals surface area contributed by atoms with Crippen LogP contribution in [0.15, 0.2) is 39.5 Å². The van der Waals surface area contributed by atoms with Gasteiger partial charge in [0.1, 0.15) is 5.58 Å². The second-order valence-electron chi connectivity index (χ2n) is 4.75. The third-order valence-electron chi connectivity index (χ3n) is 3.74. The van der Waals surface area contributed by atoms with E-state index in [9.17, 15) is 4.79 Å². The van der Waals surface area contributed by atoms with Crippen LogP contribution in [0.1, 0.15) is 16.7 Å². The minimum atomic E-state index is -0.246. The molecule has 0 radical (unpaired) electrons. The van der Waals surface area contributed by atoms with Crippen LogP contribution in [-0.4, -0.2) is 0 Å². The Bertz CT molecular complexity index is 826. The van der Waals surface area contributed by atoms with Crippen LogP contribution in [0.25, 0.3) is 21.7 Å². The zero-order valence-corrected chi connectivity index (χ0v) is 10.7. The summed E-state index contributed by atoms with van der Waals surface area (Å²) in [4.78, 5) is 12.1. The Morgan fingerprint density at radius 2 is 1.67 bits per heavy atom. The van der Waals surface area contributed by atoms with Gasteiger partial charge in [-0.3, -0.25) is 0 Å². The van der Waals surface area contributed by atoms with E-state index in [1.807, 2.05) is 38.1 Å². The van der Waals surface area contributed by atoms with Crippen molar-refractivity contribution in [3.05, 3.63) is 57.4 Å². The van der Waals surface area contributed by atoms with E-state index in [-0.39, 0.29) is 5.63 Å². The molecule has 2 heteroatoms. The van der Waals surface area contributed by atoms with Gasteiger partial charge in [-0.25, -0.2) is 4.79 Å². The Kier molecular flexibility index (Phi) is 2.27. The van der Waals surface area contributed by atoms with Crippen molar-refractivity contribution in [2.45, 2.75) is 20.8 Å². The number of benzene rings is 2. The van der Waals surface area contributed by atoms with Gasteiger partial charge in [-0.15, -0.1) is 0 Å². The molecule has 18 heavy (non-hydrogen) atoms. The summed E-state index contributed by atoms with van der Waals surface area (Å²) in [6, 6.07) is 9.75. The average molecular weight is 238 g/mol. The molecule has 3 rings (SSSR count). The van der Waals surface area contributed by atoms with Crippen molar-refractivity contribution in [3.8, 4) is 0 Å². The highest BCUT2D eigenvalue weighted by molar-refractivity contribution is 6.05. The van der Waals surface area contributed by atoms with Crippen LogP contribution in [0.4, 0.5) is 0 Å². The van der Waals surface area contributed by atoms with Gasteiger partial charge in [0.15, 0.2) is 0 Å². The van der Waals surface area contributed by atoms with Crippen molar-refractivity contribution in [2.75, 3.05) is 0 Å². The molecule has 0 aliphatic carbocycles. The highest BCUT2D eigenvalue weighted by atomic mass is 16.4. The highest BCUT2D eigenvalue weighted by Crippen LogP contribution is 2.28. The van der Waals surface area contributed by atoms with Gasteiger partial charge < -0.3 is 4.42 Å². The molecule has 2 nitrogen and oxygen atoms in total.